The lowest BCUT2D eigenvalue weighted by Crippen LogP contribution is -2.15. The number of carbonyl (C=O) groups excluding carboxylic acids is 1. The van der Waals surface area contributed by atoms with Crippen LogP contribution in [0.3, 0.4) is 0 Å². The number of nitrogens with zero attached hydrogens (tertiary/aromatic N) is 4. The second-order valence-corrected chi connectivity index (χ2v) is 4.88. The Kier molecular flexibility index (Phi) is 3.85. The van der Waals surface area contributed by atoms with Crippen LogP contribution in [0.15, 0.2) is 54.6 Å². The number of aromatic nitrogens is 3. The molecule has 0 aliphatic heterocycles. The Morgan fingerprint density at radius 2 is 1.83 bits per heavy atom. The van der Waals surface area contributed by atoms with Crippen LogP contribution in [0, 0.1) is 18.3 Å². The average molecular weight is 303 g/mol. The third-order valence-electron chi connectivity index (χ3n) is 3.41. The number of benzene rings is 2. The molecule has 2 aromatic carbocycles. The normalized spacial score (nSPS) is 10.1. The molecule has 0 saturated carbocycles. The highest BCUT2D eigenvalue weighted by molar-refractivity contribution is 6.04. The van der Waals surface area contributed by atoms with E-state index in [2.05, 4.69) is 15.6 Å². The summed E-state index contributed by atoms with van der Waals surface area (Å²) in [6.45, 7) is 1.78. The van der Waals surface area contributed by atoms with E-state index in [0.717, 1.165) is 5.69 Å². The zero-order chi connectivity index (χ0) is 16.2. The van der Waals surface area contributed by atoms with Gasteiger partial charge < -0.3 is 5.32 Å². The standard InChI is InChI=1S/C17H13N5O/c1-12-16(20-21-22(12)14-8-3-2-4-9-14)17(23)19-15-10-6-5-7-13(15)11-18/h2-10H,1H3,(H,19,23). The molecule has 3 aromatic rings. The van der Waals surface area contributed by atoms with Gasteiger partial charge >= 0.3 is 0 Å². The highest BCUT2D eigenvalue weighted by Crippen LogP contribution is 2.17. The summed E-state index contributed by atoms with van der Waals surface area (Å²) in [4.78, 5) is 12.4. The number of nitrogens with one attached hydrogen (secondary N) is 1. The third-order valence-corrected chi connectivity index (χ3v) is 3.41. The minimum absolute atomic E-state index is 0.224. The van der Waals surface area contributed by atoms with Gasteiger partial charge in [-0.3, -0.25) is 4.79 Å². The smallest absolute Gasteiger partial charge is 0.278 e. The molecule has 0 unspecified atom stereocenters. The van der Waals surface area contributed by atoms with Crippen LogP contribution in [0.1, 0.15) is 21.7 Å². The fraction of sp³-hybridized carbons (Fsp3) is 0.0588. The first-order valence-electron chi connectivity index (χ1n) is 6.99. The highest BCUT2D eigenvalue weighted by atomic mass is 16.2. The van der Waals surface area contributed by atoms with Crippen LogP contribution in [0.5, 0.6) is 0 Å². The van der Waals surface area contributed by atoms with Gasteiger partial charge in [-0.15, -0.1) is 5.10 Å². The molecule has 0 aliphatic carbocycles. The lowest BCUT2D eigenvalue weighted by atomic mass is 10.2. The Bertz CT molecular complexity index is 893. The quantitative estimate of drug-likeness (QED) is 0.806. The van der Waals surface area contributed by atoms with E-state index in [0.29, 0.717) is 16.9 Å². The number of anilines is 1. The first kappa shape index (κ1) is 14.5. The molecule has 1 heterocycles. The summed E-state index contributed by atoms with van der Waals surface area (Å²) in [6, 6.07) is 18.3. The number of carbonyl (C=O) groups is 1. The number of nitriles is 1. The van der Waals surface area contributed by atoms with Crippen molar-refractivity contribution in [2.75, 3.05) is 5.32 Å². The van der Waals surface area contributed by atoms with E-state index in [-0.39, 0.29) is 5.69 Å². The van der Waals surface area contributed by atoms with E-state index in [1.807, 2.05) is 36.4 Å². The van der Waals surface area contributed by atoms with E-state index < -0.39 is 5.91 Å². The fourth-order valence-electron chi connectivity index (χ4n) is 2.22. The summed E-state index contributed by atoms with van der Waals surface area (Å²) >= 11 is 0. The molecule has 112 valence electrons. The fourth-order valence-corrected chi connectivity index (χ4v) is 2.22. The van der Waals surface area contributed by atoms with Gasteiger partial charge in [0, 0.05) is 0 Å². The van der Waals surface area contributed by atoms with Crippen molar-refractivity contribution in [3.8, 4) is 11.8 Å². The molecule has 0 fully saturated rings. The summed E-state index contributed by atoms with van der Waals surface area (Å²) in [5.74, 6) is -0.396. The van der Waals surface area contributed by atoms with Crippen LogP contribution in [-0.4, -0.2) is 20.9 Å². The van der Waals surface area contributed by atoms with E-state index in [1.165, 1.54) is 0 Å². The van der Waals surface area contributed by atoms with Crippen LogP contribution in [0.2, 0.25) is 0 Å². The average Bonchev–Trinajstić information content (AvgIpc) is 2.98. The number of hydrogen-bond donors (Lipinski definition) is 1. The topological polar surface area (TPSA) is 83.6 Å². The summed E-state index contributed by atoms with van der Waals surface area (Å²) in [6.07, 6.45) is 0. The van der Waals surface area contributed by atoms with Gasteiger partial charge in [0.15, 0.2) is 5.69 Å². The number of rotatable bonds is 3. The SMILES string of the molecule is Cc1c(C(=O)Nc2ccccc2C#N)nnn1-c1ccccc1. The van der Waals surface area contributed by atoms with Gasteiger partial charge in [0.25, 0.3) is 5.91 Å². The lowest BCUT2D eigenvalue weighted by molar-refractivity contribution is 0.102. The van der Waals surface area contributed by atoms with Gasteiger partial charge in [-0.05, 0) is 31.2 Å². The zero-order valence-electron chi connectivity index (χ0n) is 12.4. The maximum Gasteiger partial charge on any atom is 0.278 e. The molecule has 6 heteroatoms. The van der Waals surface area contributed by atoms with Crippen LogP contribution >= 0.6 is 0 Å². The molecule has 3 rings (SSSR count). The van der Waals surface area contributed by atoms with Crippen LogP contribution < -0.4 is 5.32 Å². The van der Waals surface area contributed by atoms with Gasteiger partial charge in [0.05, 0.1) is 22.6 Å². The maximum absolute atomic E-state index is 12.4. The van der Waals surface area contributed by atoms with Crippen molar-refractivity contribution >= 4 is 11.6 Å². The molecule has 0 spiro atoms. The van der Waals surface area contributed by atoms with E-state index in [9.17, 15) is 4.79 Å². The number of amides is 1. The molecule has 1 aromatic heterocycles. The van der Waals surface area contributed by atoms with Gasteiger partial charge in [0.2, 0.25) is 0 Å². The molecule has 0 aliphatic rings. The van der Waals surface area contributed by atoms with Gasteiger partial charge in [0.1, 0.15) is 6.07 Å². The molecule has 23 heavy (non-hydrogen) atoms. The van der Waals surface area contributed by atoms with Gasteiger partial charge in [-0.25, -0.2) is 4.68 Å². The molecule has 0 atom stereocenters. The largest absolute Gasteiger partial charge is 0.319 e. The van der Waals surface area contributed by atoms with Crippen molar-refractivity contribution in [3.05, 3.63) is 71.5 Å². The minimum Gasteiger partial charge on any atom is -0.319 e. The van der Waals surface area contributed by atoms with E-state index >= 15 is 0 Å². The molecule has 0 bridgehead atoms. The highest BCUT2D eigenvalue weighted by Gasteiger charge is 2.18. The second-order valence-electron chi connectivity index (χ2n) is 4.88. The molecular weight excluding hydrogens is 290 g/mol. The molecule has 1 N–H and O–H groups in total. The lowest BCUT2D eigenvalue weighted by Gasteiger charge is -2.06. The summed E-state index contributed by atoms with van der Waals surface area (Å²) in [5.41, 5.74) is 2.53. The predicted octanol–water partition coefficient (Wildman–Crippen LogP) is 2.70. The number of hydrogen-bond acceptors (Lipinski definition) is 4. The Hall–Kier alpha value is -3.46. The van der Waals surface area contributed by atoms with Crippen LogP contribution in [0.4, 0.5) is 5.69 Å². The van der Waals surface area contributed by atoms with Crippen molar-refractivity contribution in [3.63, 3.8) is 0 Å². The first-order chi connectivity index (χ1) is 11.2. The molecule has 0 radical (unpaired) electrons. The Morgan fingerprint density at radius 3 is 2.57 bits per heavy atom. The molecule has 6 nitrogen and oxygen atoms in total. The van der Waals surface area contributed by atoms with Crippen molar-refractivity contribution in [2.24, 2.45) is 0 Å². The van der Waals surface area contributed by atoms with Crippen molar-refractivity contribution in [2.45, 2.75) is 6.92 Å². The molecule has 1 amide bonds. The molecular formula is C17H13N5O. The van der Waals surface area contributed by atoms with Crippen LogP contribution in [0.25, 0.3) is 5.69 Å². The van der Waals surface area contributed by atoms with Gasteiger partial charge in [-0.1, -0.05) is 35.5 Å². The van der Waals surface area contributed by atoms with Gasteiger partial charge in [-0.2, -0.15) is 5.26 Å². The predicted molar refractivity (Wildman–Crippen MR) is 85.2 cm³/mol. The molecule has 0 saturated heterocycles. The first-order valence-corrected chi connectivity index (χ1v) is 6.99. The third kappa shape index (κ3) is 2.80. The Labute approximate surface area is 133 Å². The Morgan fingerprint density at radius 1 is 1.13 bits per heavy atom. The second kappa shape index (κ2) is 6.12. The monoisotopic (exact) mass is 303 g/mol. The maximum atomic E-state index is 12.4. The summed E-state index contributed by atoms with van der Waals surface area (Å²) < 4.78 is 1.60. The summed E-state index contributed by atoms with van der Waals surface area (Å²) in [5, 5.41) is 19.8. The zero-order valence-corrected chi connectivity index (χ0v) is 12.4. The van der Waals surface area contributed by atoms with Crippen LogP contribution in [-0.2, 0) is 0 Å². The Balaban J connectivity index is 1.90. The van der Waals surface area contributed by atoms with E-state index in [1.54, 1.807) is 35.9 Å². The minimum atomic E-state index is -0.396. The van der Waals surface area contributed by atoms with Crippen molar-refractivity contribution in [1.29, 1.82) is 5.26 Å². The van der Waals surface area contributed by atoms with E-state index in [4.69, 9.17) is 5.26 Å². The summed E-state index contributed by atoms with van der Waals surface area (Å²) in [7, 11) is 0. The van der Waals surface area contributed by atoms with Crippen molar-refractivity contribution in [1.82, 2.24) is 15.0 Å². The van der Waals surface area contributed by atoms with Crippen molar-refractivity contribution < 1.29 is 4.79 Å². The number of para-hydroxylation sites is 2.